The molecule has 4 heterocycles. The van der Waals surface area contributed by atoms with Gasteiger partial charge in [-0.15, -0.1) is 22.6 Å². The first-order chi connectivity index (χ1) is 13.2. The Balaban J connectivity index is 0.00000192. The standard InChI is InChI=1S/C19H17N5O2S.ClH/c25-17-8-13(10-26-17)12-7-15-14(20-9-12)5-6-16(21-15)22-19-24-23-18(27-19)11-3-1-2-4-11;/h5-9,11H,1-4,10H2,(H,21,22,24);1H. The Kier molecular flexibility index (Phi) is 5.23. The molecule has 1 saturated carbocycles. The molecular formula is C19H18ClN5O2S. The monoisotopic (exact) mass is 415 g/mol. The fraction of sp³-hybridized carbons (Fsp3) is 0.316. The Morgan fingerprint density at radius 2 is 2.00 bits per heavy atom. The summed E-state index contributed by atoms with van der Waals surface area (Å²) in [5.41, 5.74) is 3.20. The van der Waals surface area contributed by atoms with Gasteiger partial charge in [0.1, 0.15) is 17.4 Å². The van der Waals surface area contributed by atoms with Crippen molar-refractivity contribution in [2.24, 2.45) is 0 Å². The van der Waals surface area contributed by atoms with Gasteiger partial charge in [-0.1, -0.05) is 24.2 Å². The molecule has 0 radical (unpaired) electrons. The number of pyridine rings is 2. The molecule has 0 atom stereocenters. The van der Waals surface area contributed by atoms with Crippen LogP contribution in [0.2, 0.25) is 0 Å². The summed E-state index contributed by atoms with van der Waals surface area (Å²) in [6.07, 6.45) is 8.21. The minimum Gasteiger partial charge on any atom is -0.458 e. The number of carbonyl (C=O) groups is 1. The van der Waals surface area contributed by atoms with Crippen LogP contribution in [-0.4, -0.2) is 32.7 Å². The molecule has 3 aromatic rings. The molecule has 5 rings (SSSR count). The first kappa shape index (κ1) is 18.8. The Bertz CT molecular complexity index is 1060. The highest BCUT2D eigenvalue weighted by atomic mass is 35.5. The molecule has 2 aliphatic rings. The van der Waals surface area contributed by atoms with E-state index in [1.807, 2.05) is 18.2 Å². The number of esters is 1. The number of carbonyl (C=O) groups excluding carboxylic acids is 1. The van der Waals surface area contributed by atoms with Crippen LogP contribution in [0.5, 0.6) is 0 Å². The number of halogens is 1. The molecule has 0 amide bonds. The third-order valence-corrected chi connectivity index (χ3v) is 5.95. The summed E-state index contributed by atoms with van der Waals surface area (Å²) in [7, 11) is 0. The van der Waals surface area contributed by atoms with Crippen LogP contribution >= 0.6 is 23.7 Å². The average Bonchev–Trinajstić information content (AvgIpc) is 3.42. The van der Waals surface area contributed by atoms with E-state index in [0.717, 1.165) is 32.3 Å². The molecule has 0 saturated heterocycles. The molecule has 1 aliphatic heterocycles. The van der Waals surface area contributed by atoms with E-state index in [1.165, 1.54) is 31.8 Å². The fourth-order valence-corrected chi connectivity index (χ4v) is 4.44. The van der Waals surface area contributed by atoms with Crippen molar-refractivity contribution in [2.75, 3.05) is 11.9 Å². The lowest BCUT2D eigenvalue weighted by atomic mass is 10.1. The molecule has 7 nitrogen and oxygen atoms in total. The molecule has 1 aliphatic carbocycles. The zero-order valence-electron chi connectivity index (χ0n) is 14.9. The maximum Gasteiger partial charge on any atom is 0.331 e. The quantitative estimate of drug-likeness (QED) is 0.637. The molecule has 0 aromatic carbocycles. The minimum absolute atomic E-state index is 0. The van der Waals surface area contributed by atoms with E-state index in [4.69, 9.17) is 4.74 Å². The molecule has 28 heavy (non-hydrogen) atoms. The predicted molar refractivity (Wildman–Crippen MR) is 110 cm³/mol. The van der Waals surface area contributed by atoms with Gasteiger partial charge in [0.15, 0.2) is 0 Å². The molecule has 0 bridgehead atoms. The predicted octanol–water partition coefficient (Wildman–Crippen LogP) is 4.24. The number of rotatable bonds is 4. The second-order valence-electron chi connectivity index (χ2n) is 6.79. The van der Waals surface area contributed by atoms with Crippen LogP contribution in [0.25, 0.3) is 16.6 Å². The Hall–Kier alpha value is -2.58. The van der Waals surface area contributed by atoms with Gasteiger partial charge in [-0.05, 0) is 31.0 Å². The normalized spacial score (nSPS) is 16.7. The van der Waals surface area contributed by atoms with Gasteiger partial charge in [-0.3, -0.25) is 4.98 Å². The highest BCUT2D eigenvalue weighted by molar-refractivity contribution is 7.15. The Labute approximate surface area is 171 Å². The van der Waals surface area contributed by atoms with Gasteiger partial charge in [0.05, 0.1) is 11.0 Å². The van der Waals surface area contributed by atoms with Crippen molar-refractivity contribution in [3.8, 4) is 0 Å². The first-order valence-electron chi connectivity index (χ1n) is 8.99. The number of anilines is 2. The molecule has 9 heteroatoms. The van der Waals surface area contributed by atoms with E-state index in [0.29, 0.717) is 11.7 Å². The number of aromatic nitrogens is 4. The average molecular weight is 416 g/mol. The summed E-state index contributed by atoms with van der Waals surface area (Å²) in [6, 6.07) is 5.72. The van der Waals surface area contributed by atoms with Gasteiger partial charge in [0, 0.05) is 29.3 Å². The lowest BCUT2D eigenvalue weighted by molar-refractivity contribution is -0.134. The van der Waals surface area contributed by atoms with E-state index < -0.39 is 0 Å². The summed E-state index contributed by atoms with van der Waals surface area (Å²) < 4.78 is 4.97. The summed E-state index contributed by atoms with van der Waals surface area (Å²) in [6.45, 7) is 0.276. The number of hydrogen-bond acceptors (Lipinski definition) is 8. The van der Waals surface area contributed by atoms with Crippen LogP contribution in [0.4, 0.5) is 10.9 Å². The van der Waals surface area contributed by atoms with Gasteiger partial charge in [0.25, 0.3) is 0 Å². The molecule has 3 aromatic heterocycles. The van der Waals surface area contributed by atoms with E-state index in [9.17, 15) is 4.79 Å². The number of nitrogens with zero attached hydrogens (tertiary/aromatic N) is 4. The minimum atomic E-state index is -0.317. The summed E-state index contributed by atoms with van der Waals surface area (Å²) in [5, 5.41) is 13.7. The van der Waals surface area contributed by atoms with Crippen LogP contribution in [0.15, 0.2) is 30.5 Å². The largest absolute Gasteiger partial charge is 0.458 e. The molecule has 144 valence electrons. The Morgan fingerprint density at radius 3 is 2.79 bits per heavy atom. The zero-order chi connectivity index (χ0) is 18.2. The molecule has 1 fully saturated rings. The fourth-order valence-electron chi connectivity index (χ4n) is 3.53. The summed E-state index contributed by atoms with van der Waals surface area (Å²) >= 11 is 1.60. The molecule has 0 unspecified atom stereocenters. The lowest BCUT2D eigenvalue weighted by Crippen LogP contribution is -1.96. The highest BCUT2D eigenvalue weighted by Crippen LogP contribution is 2.37. The van der Waals surface area contributed by atoms with Crippen molar-refractivity contribution < 1.29 is 9.53 Å². The summed E-state index contributed by atoms with van der Waals surface area (Å²) in [5.74, 6) is 0.935. The maximum absolute atomic E-state index is 11.3. The van der Waals surface area contributed by atoms with Crippen LogP contribution in [0.1, 0.15) is 42.2 Å². The van der Waals surface area contributed by atoms with Crippen molar-refractivity contribution in [3.05, 3.63) is 41.0 Å². The molecule has 1 N–H and O–H groups in total. The van der Waals surface area contributed by atoms with Crippen molar-refractivity contribution in [3.63, 3.8) is 0 Å². The maximum atomic E-state index is 11.3. The molecular weight excluding hydrogens is 398 g/mol. The van der Waals surface area contributed by atoms with E-state index >= 15 is 0 Å². The smallest absolute Gasteiger partial charge is 0.331 e. The van der Waals surface area contributed by atoms with E-state index in [-0.39, 0.29) is 25.0 Å². The van der Waals surface area contributed by atoms with Crippen molar-refractivity contribution in [1.29, 1.82) is 0 Å². The van der Waals surface area contributed by atoms with Crippen LogP contribution in [-0.2, 0) is 9.53 Å². The second kappa shape index (κ2) is 7.81. The SMILES string of the molecule is Cl.O=C1C=C(c2cnc3ccc(Nc4nnc(C5CCCC5)s4)nc3c2)CO1. The zero-order valence-corrected chi connectivity index (χ0v) is 16.6. The third kappa shape index (κ3) is 3.70. The molecule has 0 spiro atoms. The second-order valence-corrected chi connectivity index (χ2v) is 7.80. The number of ether oxygens (including phenoxy) is 1. The number of nitrogens with one attached hydrogen (secondary N) is 1. The summed E-state index contributed by atoms with van der Waals surface area (Å²) in [4.78, 5) is 20.4. The van der Waals surface area contributed by atoms with Crippen LogP contribution in [0, 0.1) is 0 Å². The van der Waals surface area contributed by atoms with Crippen LogP contribution in [0.3, 0.4) is 0 Å². The number of cyclic esters (lactones) is 1. The Morgan fingerprint density at radius 1 is 1.14 bits per heavy atom. The highest BCUT2D eigenvalue weighted by Gasteiger charge is 2.21. The van der Waals surface area contributed by atoms with E-state index in [1.54, 1.807) is 17.5 Å². The van der Waals surface area contributed by atoms with Gasteiger partial charge >= 0.3 is 5.97 Å². The van der Waals surface area contributed by atoms with Crippen LogP contribution < -0.4 is 5.32 Å². The van der Waals surface area contributed by atoms with E-state index in [2.05, 4.69) is 25.5 Å². The van der Waals surface area contributed by atoms with Gasteiger partial charge in [0.2, 0.25) is 5.13 Å². The lowest BCUT2D eigenvalue weighted by Gasteiger charge is -2.05. The van der Waals surface area contributed by atoms with Gasteiger partial charge in [-0.25, -0.2) is 9.78 Å². The van der Waals surface area contributed by atoms with Crippen molar-refractivity contribution in [2.45, 2.75) is 31.6 Å². The number of hydrogen-bond donors (Lipinski definition) is 1. The third-order valence-electron chi connectivity index (χ3n) is 4.95. The van der Waals surface area contributed by atoms with Gasteiger partial charge < -0.3 is 10.1 Å². The topological polar surface area (TPSA) is 89.9 Å². The van der Waals surface area contributed by atoms with Crippen molar-refractivity contribution in [1.82, 2.24) is 20.2 Å². The van der Waals surface area contributed by atoms with Gasteiger partial charge in [-0.2, -0.15) is 0 Å². The van der Waals surface area contributed by atoms with Crippen molar-refractivity contribution >= 4 is 57.3 Å². The first-order valence-corrected chi connectivity index (χ1v) is 9.81. The number of fused-ring (bicyclic) bond motifs is 1.